The smallest absolute Gasteiger partial charge is 0.220 e. The Balaban J connectivity index is 1.17. The van der Waals surface area contributed by atoms with Crippen molar-refractivity contribution in [1.29, 1.82) is 0 Å². The van der Waals surface area contributed by atoms with E-state index in [2.05, 4.69) is 46.0 Å². The van der Waals surface area contributed by atoms with E-state index in [9.17, 15) is 4.79 Å². The van der Waals surface area contributed by atoms with Gasteiger partial charge in [-0.15, -0.1) is 5.10 Å². The molecule has 0 radical (unpaired) electrons. The van der Waals surface area contributed by atoms with Crippen LogP contribution in [-0.2, 0) is 17.8 Å². The molecule has 41 heavy (non-hydrogen) atoms. The summed E-state index contributed by atoms with van der Waals surface area (Å²) in [4.78, 5) is 12.5. The number of aromatic nitrogens is 3. The van der Waals surface area contributed by atoms with E-state index in [0.29, 0.717) is 13.0 Å². The number of benzene rings is 2. The van der Waals surface area contributed by atoms with Gasteiger partial charge in [0.05, 0.1) is 5.69 Å². The lowest BCUT2D eigenvalue weighted by Crippen LogP contribution is -2.24. The summed E-state index contributed by atoms with van der Waals surface area (Å²) in [7, 11) is 0. The summed E-state index contributed by atoms with van der Waals surface area (Å²) in [5, 5.41) is 12.3. The van der Waals surface area contributed by atoms with E-state index in [4.69, 9.17) is 5.73 Å². The van der Waals surface area contributed by atoms with Crippen LogP contribution in [0.15, 0.2) is 121 Å². The highest BCUT2D eigenvalue weighted by Crippen LogP contribution is 2.39. The largest absolute Gasteiger partial charge is 0.352 e. The first-order valence-corrected chi connectivity index (χ1v) is 14.4. The third-order valence-corrected chi connectivity index (χ3v) is 7.34. The number of allylic oxidation sites excluding steroid dienone is 10. The number of carbonyl (C=O) groups is 1. The summed E-state index contributed by atoms with van der Waals surface area (Å²) in [6, 6.07) is 16.6. The maximum absolute atomic E-state index is 12.5. The average molecular weight is 544 g/mol. The molecule has 1 atom stereocenters. The van der Waals surface area contributed by atoms with E-state index in [1.807, 2.05) is 89.7 Å². The molecule has 0 aliphatic heterocycles. The Hall–Kier alpha value is -4.55. The van der Waals surface area contributed by atoms with Crippen LogP contribution in [0.25, 0.3) is 22.5 Å². The highest BCUT2D eigenvalue weighted by Gasteiger charge is 2.26. The number of unbranched alkanes of at least 4 members (excludes halogenated alkanes) is 2. The molecule has 1 amide bonds. The zero-order chi connectivity index (χ0) is 28.3. The first-order chi connectivity index (χ1) is 20.2. The molecule has 208 valence electrons. The Kier molecular flexibility index (Phi) is 9.69. The summed E-state index contributed by atoms with van der Waals surface area (Å²) in [6.07, 6.45) is 25.8. The van der Waals surface area contributed by atoms with E-state index in [-0.39, 0.29) is 11.9 Å². The molecule has 0 saturated carbocycles. The van der Waals surface area contributed by atoms with Crippen molar-refractivity contribution in [3.05, 3.63) is 132 Å². The number of aryl methyl sites for hydroxylation is 1. The van der Waals surface area contributed by atoms with Crippen LogP contribution in [-0.4, -0.2) is 27.4 Å². The van der Waals surface area contributed by atoms with Crippen molar-refractivity contribution in [3.63, 3.8) is 0 Å². The molecule has 0 fully saturated rings. The van der Waals surface area contributed by atoms with E-state index in [1.54, 1.807) is 0 Å². The summed E-state index contributed by atoms with van der Waals surface area (Å²) >= 11 is 0. The first-order valence-electron chi connectivity index (χ1n) is 14.4. The topological polar surface area (TPSA) is 85.8 Å². The Morgan fingerprint density at radius 3 is 2.39 bits per heavy atom. The molecule has 0 saturated heterocycles. The van der Waals surface area contributed by atoms with Gasteiger partial charge >= 0.3 is 0 Å². The lowest BCUT2D eigenvalue weighted by atomic mass is 9.87. The van der Waals surface area contributed by atoms with Crippen LogP contribution >= 0.6 is 0 Å². The van der Waals surface area contributed by atoms with E-state index < -0.39 is 0 Å². The summed E-state index contributed by atoms with van der Waals surface area (Å²) in [6.45, 7) is 1.23. The zero-order valence-corrected chi connectivity index (χ0v) is 23.3. The van der Waals surface area contributed by atoms with Crippen LogP contribution < -0.4 is 11.1 Å². The van der Waals surface area contributed by atoms with Gasteiger partial charge in [0.25, 0.3) is 0 Å². The number of amides is 1. The molecule has 5 rings (SSSR count). The van der Waals surface area contributed by atoms with Crippen LogP contribution in [0.3, 0.4) is 0 Å². The predicted molar refractivity (Wildman–Crippen MR) is 167 cm³/mol. The zero-order valence-electron chi connectivity index (χ0n) is 23.3. The molecule has 0 bridgehead atoms. The van der Waals surface area contributed by atoms with Gasteiger partial charge in [0.1, 0.15) is 5.69 Å². The molecule has 6 nitrogen and oxygen atoms in total. The molecule has 1 heterocycles. The quantitative estimate of drug-likeness (QED) is 0.315. The second-order valence-electron chi connectivity index (χ2n) is 10.3. The van der Waals surface area contributed by atoms with Gasteiger partial charge in [-0.1, -0.05) is 127 Å². The van der Waals surface area contributed by atoms with Gasteiger partial charge in [0.2, 0.25) is 5.91 Å². The normalized spacial score (nSPS) is 15.9. The number of nitrogens with two attached hydrogens (primary N) is 1. The summed E-state index contributed by atoms with van der Waals surface area (Å²) in [5.74, 6) is 0.0677. The van der Waals surface area contributed by atoms with Crippen LogP contribution in [0.4, 0.5) is 0 Å². The third kappa shape index (κ3) is 7.35. The fourth-order valence-corrected chi connectivity index (χ4v) is 5.22. The minimum atomic E-state index is -0.0967. The van der Waals surface area contributed by atoms with Crippen molar-refractivity contribution in [2.45, 2.75) is 44.7 Å². The Morgan fingerprint density at radius 1 is 0.854 bits per heavy atom. The summed E-state index contributed by atoms with van der Waals surface area (Å²) in [5.41, 5.74) is 14.2. The Bertz CT molecular complexity index is 1540. The van der Waals surface area contributed by atoms with E-state index in [0.717, 1.165) is 65.9 Å². The van der Waals surface area contributed by atoms with Crippen molar-refractivity contribution in [2.24, 2.45) is 5.73 Å². The highest BCUT2D eigenvalue weighted by atomic mass is 16.1. The maximum atomic E-state index is 12.5. The number of nitrogens with one attached hydrogen (secondary N) is 1. The van der Waals surface area contributed by atoms with Crippen LogP contribution in [0.2, 0.25) is 0 Å². The number of fused-ring (bicyclic) bond motifs is 5. The molecule has 1 aromatic heterocycles. The molecular weight excluding hydrogens is 506 g/mol. The van der Waals surface area contributed by atoms with Crippen molar-refractivity contribution in [1.82, 2.24) is 20.3 Å². The second kappa shape index (κ2) is 14.2. The third-order valence-electron chi connectivity index (χ3n) is 7.34. The lowest BCUT2D eigenvalue weighted by Gasteiger charge is -2.22. The van der Waals surface area contributed by atoms with Gasteiger partial charge in [-0.2, -0.15) is 0 Å². The van der Waals surface area contributed by atoms with Crippen molar-refractivity contribution in [3.8, 4) is 22.5 Å². The number of hydrogen-bond acceptors (Lipinski definition) is 4. The van der Waals surface area contributed by atoms with Crippen LogP contribution in [0.1, 0.15) is 42.9 Å². The van der Waals surface area contributed by atoms with Gasteiger partial charge in [-0.05, 0) is 36.0 Å². The van der Waals surface area contributed by atoms with Gasteiger partial charge < -0.3 is 11.1 Å². The van der Waals surface area contributed by atoms with Gasteiger partial charge in [0.15, 0.2) is 0 Å². The van der Waals surface area contributed by atoms with Crippen LogP contribution in [0.5, 0.6) is 0 Å². The number of hydrogen-bond donors (Lipinski definition) is 2. The predicted octanol–water partition coefficient (Wildman–Crippen LogP) is 6.57. The summed E-state index contributed by atoms with van der Waals surface area (Å²) < 4.78 is 2.01. The van der Waals surface area contributed by atoms with E-state index >= 15 is 0 Å². The molecule has 6 heteroatoms. The highest BCUT2D eigenvalue weighted by molar-refractivity contribution is 5.82. The number of nitrogens with zero attached hydrogens (tertiary/aromatic N) is 3. The monoisotopic (exact) mass is 543 g/mol. The van der Waals surface area contributed by atoms with Crippen LogP contribution in [0, 0.1) is 0 Å². The van der Waals surface area contributed by atoms with Crippen molar-refractivity contribution < 1.29 is 4.79 Å². The van der Waals surface area contributed by atoms with Crippen molar-refractivity contribution >= 4 is 5.91 Å². The van der Waals surface area contributed by atoms with Gasteiger partial charge in [-0.3, -0.25) is 4.79 Å². The second-order valence-corrected chi connectivity index (χ2v) is 10.3. The molecule has 2 aliphatic carbocycles. The van der Waals surface area contributed by atoms with Gasteiger partial charge in [-0.25, -0.2) is 4.68 Å². The minimum absolute atomic E-state index is 0.0677. The fraction of sp³-hybridized carbons (Fsp3) is 0.229. The lowest BCUT2D eigenvalue weighted by molar-refractivity contribution is -0.121. The fourth-order valence-electron chi connectivity index (χ4n) is 5.22. The molecule has 2 aliphatic rings. The Labute approximate surface area is 242 Å². The van der Waals surface area contributed by atoms with Gasteiger partial charge in [0, 0.05) is 36.7 Å². The SMILES string of the molecule is NC1Cc2ccccc2-c2nnn(CCCCCC(=O)NCC3=CC=CC=CC=CC=CC=C3)c2-c2ccccc21. The first kappa shape index (κ1) is 28.0. The standard InChI is InChI=1S/C35H37N5O/c36-32-25-28-19-12-13-20-29(28)34-35(31-22-15-14-21-30(31)32)40(39-38-34)24-16-8-11-23-33(41)37-26-27-17-9-6-4-2-1-3-5-7-10-18-27/h1-7,9-10,12-15,17-22,32H,8,11,16,23-26,36H2,(H,37,41). The Morgan fingerprint density at radius 2 is 1.56 bits per heavy atom. The maximum Gasteiger partial charge on any atom is 0.220 e. The molecule has 1 unspecified atom stereocenters. The van der Waals surface area contributed by atoms with Crippen molar-refractivity contribution in [2.75, 3.05) is 6.54 Å². The molecule has 3 N–H and O–H groups in total. The molecular formula is C35H37N5O. The number of rotatable bonds is 8. The minimum Gasteiger partial charge on any atom is -0.352 e. The molecule has 0 spiro atoms. The van der Waals surface area contributed by atoms with E-state index in [1.165, 1.54) is 5.56 Å². The number of carbonyl (C=O) groups excluding carboxylic acids is 1. The molecule has 2 aromatic carbocycles. The average Bonchev–Trinajstić information content (AvgIpc) is 3.39. The molecule has 3 aromatic rings.